The minimum absolute atomic E-state index is 1.07. The van der Waals surface area contributed by atoms with Crippen molar-refractivity contribution in [2.24, 2.45) is 0 Å². The van der Waals surface area contributed by atoms with Gasteiger partial charge >= 0.3 is 0 Å². The van der Waals surface area contributed by atoms with Crippen molar-refractivity contribution in [2.75, 3.05) is 5.75 Å². The Labute approximate surface area is 114 Å². The molecule has 0 spiro atoms. The summed E-state index contributed by atoms with van der Waals surface area (Å²) >= 11 is 1.92. The molecule has 0 aromatic heterocycles. The van der Waals surface area contributed by atoms with E-state index in [0.717, 1.165) is 18.6 Å². The number of hydrogen-bond donors (Lipinski definition) is 0. The van der Waals surface area contributed by atoms with E-state index in [1.807, 2.05) is 23.9 Å². The second-order valence-electron chi connectivity index (χ2n) is 4.39. The first-order valence-electron chi connectivity index (χ1n) is 6.30. The Morgan fingerprint density at radius 2 is 2.11 bits per heavy atom. The van der Waals surface area contributed by atoms with Gasteiger partial charge in [0.25, 0.3) is 0 Å². The summed E-state index contributed by atoms with van der Waals surface area (Å²) in [5.74, 6) is 1.12. The molecular weight excluding hydrogens is 236 g/mol. The van der Waals surface area contributed by atoms with Crippen LogP contribution in [0.1, 0.15) is 19.8 Å². The minimum atomic E-state index is 1.07. The van der Waals surface area contributed by atoms with Crippen molar-refractivity contribution in [3.8, 4) is 0 Å². The van der Waals surface area contributed by atoms with Crippen LogP contribution in [0.25, 0.3) is 0 Å². The third-order valence-corrected chi connectivity index (χ3v) is 3.82. The topological polar surface area (TPSA) is 0 Å². The molecule has 0 aromatic rings. The van der Waals surface area contributed by atoms with E-state index in [4.69, 9.17) is 0 Å². The fourth-order valence-electron chi connectivity index (χ4n) is 1.75. The molecular formula is C17H18S. The standard InChI is InChI=1S/C17H18S/c1-15-7-6-10-17(12-11-15)18-14-13-16-8-4-2-3-5-9-16/h2,4-6,8-12H,7,13-14H2,1H3. The van der Waals surface area contributed by atoms with Crippen LogP contribution in [0.15, 0.2) is 76.5 Å². The summed E-state index contributed by atoms with van der Waals surface area (Å²) in [6, 6.07) is 0. The molecule has 0 amide bonds. The molecule has 0 aliphatic heterocycles. The highest BCUT2D eigenvalue weighted by atomic mass is 32.2. The predicted molar refractivity (Wildman–Crippen MR) is 82.5 cm³/mol. The zero-order chi connectivity index (χ0) is 12.6. The molecule has 2 rings (SSSR count). The van der Waals surface area contributed by atoms with Gasteiger partial charge < -0.3 is 0 Å². The van der Waals surface area contributed by atoms with Crippen molar-refractivity contribution in [3.05, 3.63) is 76.5 Å². The molecule has 0 atom stereocenters. The lowest BCUT2D eigenvalue weighted by atomic mass is 10.2. The smallest absolute Gasteiger partial charge is 0.00689 e. The van der Waals surface area contributed by atoms with Crippen LogP contribution in [0.5, 0.6) is 0 Å². The van der Waals surface area contributed by atoms with Gasteiger partial charge in [0, 0.05) is 10.7 Å². The summed E-state index contributed by atoms with van der Waals surface area (Å²) in [5, 5.41) is 0. The Hall–Kier alpha value is -1.43. The van der Waals surface area contributed by atoms with E-state index in [9.17, 15) is 0 Å². The quantitative estimate of drug-likeness (QED) is 0.628. The fraction of sp³-hybridized carbons (Fsp3) is 0.235. The lowest BCUT2D eigenvalue weighted by molar-refractivity contribution is 1.17. The highest BCUT2D eigenvalue weighted by Crippen LogP contribution is 2.23. The van der Waals surface area contributed by atoms with E-state index in [-0.39, 0.29) is 0 Å². The Balaban J connectivity index is 1.82. The SMILES string of the molecule is CC1=CC=C(SCCC2=CC=C=CC=C2)C=CC1. The molecule has 2 aliphatic rings. The fourth-order valence-corrected chi connectivity index (χ4v) is 2.68. The molecule has 18 heavy (non-hydrogen) atoms. The van der Waals surface area contributed by atoms with Crippen LogP contribution in [0.4, 0.5) is 0 Å². The van der Waals surface area contributed by atoms with Gasteiger partial charge in [-0.1, -0.05) is 42.0 Å². The number of hydrogen-bond acceptors (Lipinski definition) is 1. The molecule has 0 unspecified atom stereocenters. The zero-order valence-corrected chi connectivity index (χ0v) is 11.5. The van der Waals surface area contributed by atoms with Crippen molar-refractivity contribution in [2.45, 2.75) is 19.8 Å². The van der Waals surface area contributed by atoms with Crippen LogP contribution >= 0.6 is 11.8 Å². The summed E-state index contributed by atoms with van der Waals surface area (Å²) in [4.78, 5) is 1.36. The number of thioether (sulfide) groups is 1. The first-order valence-corrected chi connectivity index (χ1v) is 7.28. The average Bonchev–Trinajstić information content (AvgIpc) is 2.73. The molecule has 2 aliphatic carbocycles. The van der Waals surface area contributed by atoms with E-state index in [1.165, 1.54) is 16.1 Å². The third kappa shape index (κ3) is 4.44. The maximum Gasteiger partial charge on any atom is 0.00689 e. The van der Waals surface area contributed by atoms with Gasteiger partial charge in [0.05, 0.1) is 0 Å². The Bertz CT molecular complexity index is 504. The van der Waals surface area contributed by atoms with Gasteiger partial charge in [-0.3, -0.25) is 0 Å². The van der Waals surface area contributed by atoms with Gasteiger partial charge in [-0.25, -0.2) is 0 Å². The first kappa shape index (κ1) is 13.0. The summed E-state index contributed by atoms with van der Waals surface area (Å²) in [7, 11) is 0. The molecule has 0 heterocycles. The average molecular weight is 254 g/mol. The van der Waals surface area contributed by atoms with Crippen molar-refractivity contribution in [1.82, 2.24) is 0 Å². The predicted octanol–water partition coefficient (Wildman–Crippen LogP) is 5.11. The molecule has 0 radical (unpaired) electrons. The Morgan fingerprint density at radius 3 is 3.06 bits per heavy atom. The molecule has 0 aromatic carbocycles. The lowest BCUT2D eigenvalue weighted by Crippen LogP contribution is -1.83. The van der Waals surface area contributed by atoms with Gasteiger partial charge in [0.15, 0.2) is 0 Å². The van der Waals surface area contributed by atoms with Crippen LogP contribution < -0.4 is 0 Å². The van der Waals surface area contributed by atoms with Gasteiger partial charge in [0.1, 0.15) is 0 Å². The number of rotatable bonds is 4. The van der Waals surface area contributed by atoms with Gasteiger partial charge in [-0.15, -0.1) is 17.5 Å². The van der Waals surface area contributed by atoms with Crippen LogP contribution in [-0.4, -0.2) is 5.75 Å². The van der Waals surface area contributed by atoms with Gasteiger partial charge in [-0.05, 0) is 43.6 Å². The van der Waals surface area contributed by atoms with Crippen LogP contribution in [0.2, 0.25) is 0 Å². The van der Waals surface area contributed by atoms with Crippen molar-refractivity contribution in [1.29, 1.82) is 0 Å². The van der Waals surface area contributed by atoms with Crippen LogP contribution in [-0.2, 0) is 0 Å². The van der Waals surface area contributed by atoms with E-state index >= 15 is 0 Å². The Morgan fingerprint density at radius 1 is 1.17 bits per heavy atom. The maximum atomic E-state index is 3.08. The number of allylic oxidation sites excluding steroid dienone is 10. The second-order valence-corrected chi connectivity index (χ2v) is 5.56. The van der Waals surface area contributed by atoms with Crippen molar-refractivity contribution < 1.29 is 0 Å². The second kappa shape index (κ2) is 7.10. The lowest BCUT2D eigenvalue weighted by Gasteiger charge is -2.02. The molecule has 0 bridgehead atoms. The molecule has 0 saturated heterocycles. The van der Waals surface area contributed by atoms with E-state index in [1.54, 1.807) is 0 Å². The monoisotopic (exact) mass is 254 g/mol. The van der Waals surface area contributed by atoms with Crippen molar-refractivity contribution >= 4 is 11.8 Å². The van der Waals surface area contributed by atoms with Crippen LogP contribution in [0, 0.1) is 0 Å². The van der Waals surface area contributed by atoms with Gasteiger partial charge in [-0.2, -0.15) is 0 Å². The zero-order valence-electron chi connectivity index (χ0n) is 10.7. The highest BCUT2D eigenvalue weighted by molar-refractivity contribution is 8.03. The van der Waals surface area contributed by atoms with E-state index in [0.29, 0.717) is 0 Å². The van der Waals surface area contributed by atoms with Crippen LogP contribution in [0.3, 0.4) is 0 Å². The molecule has 0 nitrogen and oxygen atoms in total. The third-order valence-electron chi connectivity index (χ3n) is 2.81. The minimum Gasteiger partial charge on any atom is -0.126 e. The Kier molecular flexibility index (Phi) is 5.14. The molecule has 0 N–H and O–H groups in total. The molecule has 0 fully saturated rings. The normalized spacial score (nSPS) is 17.9. The molecule has 92 valence electrons. The van der Waals surface area contributed by atoms with E-state index in [2.05, 4.69) is 55.2 Å². The highest BCUT2D eigenvalue weighted by Gasteiger charge is 1.99. The summed E-state index contributed by atoms with van der Waals surface area (Å²) in [6.07, 6.45) is 21.4. The molecule has 0 saturated carbocycles. The van der Waals surface area contributed by atoms with E-state index < -0.39 is 0 Å². The molecule has 1 heteroatoms. The summed E-state index contributed by atoms with van der Waals surface area (Å²) < 4.78 is 0. The largest absolute Gasteiger partial charge is 0.126 e. The first-order chi connectivity index (χ1) is 8.84. The van der Waals surface area contributed by atoms with Gasteiger partial charge in [0.2, 0.25) is 0 Å². The van der Waals surface area contributed by atoms with Crippen molar-refractivity contribution in [3.63, 3.8) is 0 Å². The summed E-state index contributed by atoms with van der Waals surface area (Å²) in [5.41, 5.74) is 5.87. The summed E-state index contributed by atoms with van der Waals surface area (Å²) in [6.45, 7) is 2.18. The maximum absolute atomic E-state index is 3.08.